The third kappa shape index (κ3) is 4.57. The van der Waals surface area contributed by atoms with Crippen LogP contribution in [0.2, 0.25) is 0 Å². The second-order valence-electron chi connectivity index (χ2n) is 9.43. The van der Waals surface area contributed by atoms with Crippen LogP contribution in [-0.2, 0) is 32.9 Å². The third-order valence-corrected chi connectivity index (χ3v) is 7.01. The first-order chi connectivity index (χ1) is 15.5. The summed E-state index contributed by atoms with van der Waals surface area (Å²) in [5, 5.41) is 2.78. The summed E-state index contributed by atoms with van der Waals surface area (Å²) in [4.78, 5) is 4.77. The maximum atomic E-state index is 4.77. The predicted octanol–water partition coefficient (Wildman–Crippen LogP) is 8.10. The van der Waals surface area contributed by atoms with E-state index in [1.165, 1.54) is 37.0 Å². The summed E-state index contributed by atoms with van der Waals surface area (Å²) in [6.45, 7) is 9.25. The van der Waals surface area contributed by atoms with E-state index in [2.05, 4.69) is 87.0 Å². The first-order valence-corrected chi connectivity index (χ1v) is 12.3. The fourth-order valence-electron chi connectivity index (χ4n) is 4.73. The summed E-state index contributed by atoms with van der Waals surface area (Å²) in [6, 6.07) is 22.8. The van der Waals surface area contributed by atoms with Crippen molar-refractivity contribution < 1.29 is 20.1 Å². The molecule has 171 valence electrons. The van der Waals surface area contributed by atoms with Crippen molar-refractivity contribution in [3.05, 3.63) is 84.2 Å². The number of thiophene rings is 1. The zero-order valence-electron chi connectivity index (χ0n) is 19.6. The minimum atomic E-state index is 0. The second kappa shape index (κ2) is 9.93. The average Bonchev–Trinajstić information content (AvgIpc) is 3.38. The normalized spacial score (nSPS) is 11.6. The Bertz CT molecular complexity index is 1380. The van der Waals surface area contributed by atoms with Gasteiger partial charge in [-0.25, -0.2) is 0 Å². The molecular weight excluding hydrogens is 601 g/mol. The summed E-state index contributed by atoms with van der Waals surface area (Å²) in [5.41, 5.74) is 5.19. The van der Waals surface area contributed by atoms with Gasteiger partial charge < -0.3 is 4.57 Å². The standard InChI is InChI=1S/C29H29N2S.Ir/c1-19(2)16-22-18-26-27(23-12-8-9-13-25(23)32-26)24(17-20(3)4)28(22)31-15-14-30-29(31)21-10-6-5-7-11-21;/h5-10,12-15,18-20H,16-17H2,1-4H3;/q-1;. The number of hydrogen-bond acceptors (Lipinski definition) is 2. The summed E-state index contributed by atoms with van der Waals surface area (Å²) < 4.78 is 5.07. The molecule has 2 heterocycles. The van der Waals surface area contributed by atoms with Gasteiger partial charge in [0.05, 0.1) is 5.82 Å². The largest absolute Gasteiger partial charge is 0.340 e. The Hall–Kier alpha value is -2.26. The molecule has 2 nitrogen and oxygen atoms in total. The zero-order valence-corrected chi connectivity index (χ0v) is 22.8. The predicted molar refractivity (Wildman–Crippen MR) is 138 cm³/mol. The van der Waals surface area contributed by atoms with E-state index in [0.717, 1.165) is 24.2 Å². The summed E-state index contributed by atoms with van der Waals surface area (Å²) in [5.74, 6) is 2.09. The molecule has 0 aliphatic carbocycles. The second-order valence-corrected chi connectivity index (χ2v) is 10.5. The number of fused-ring (bicyclic) bond motifs is 3. The van der Waals surface area contributed by atoms with E-state index in [-0.39, 0.29) is 20.1 Å². The number of hydrogen-bond donors (Lipinski definition) is 0. The number of rotatable bonds is 6. The van der Waals surface area contributed by atoms with Gasteiger partial charge in [-0.1, -0.05) is 45.9 Å². The van der Waals surface area contributed by atoms with Crippen LogP contribution in [0.25, 0.3) is 37.2 Å². The Balaban J connectivity index is 0.00000259. The van der Waals surface area contributed by atoms with Crippen molar-refractivity contribution in [2.45, 2.75) is 40.5 Å². The van der Waals surface area contributed by atoms with Gasteiger partial charge in [-0.05, 0) is 47.9 Å². The van der Waals surface area contributed by atoms with Crippen molar-refractivity contribution in [1.82, 2.24) is 9.55 Å². The van der Waals surface area contributed by atoms with E-state index < -0.39 is 0 Å². The van der Waals surface area contributed by atoms with Crippen molar-refractivity contribution in [2.24, 2.45) is 11.8 Å². The van der Waals surface area contributed by atoms with Crippen LogP contribution < -0.4 is 0 Å². The maximum Gasteiger partial charge on any atom is 0.0602 e. The molecule has 0 N–H and O–H groups in total. The molecule has 0 saturated heterocycles. The first kappa shape index (κ1) is 23.9. The number of nitrogens with zero attached hydrogens (tertiary/aromatic N) is 2. The molecule has 5 rings (SSSR count). The molecule has 0 unspecified atom stereocenters. The van der Waals surface area contributed by atoms with Crippen LogP contribution in [0.1, 0.15) is 38.8 Å². The molecule has 0 saturated carbocycles. The van der Waals surface area contributed by atoms with Gasteiger partial charge in [0.2, 0.25) is 0 Å². The van der Waals surface area contributed by atoms with E-state index in [9.17, 15) is 0 Å². The average molecular weight is 630 g/mol. The molecule has 33 heavy (non-hydrogen) atoms. The molecule has 1 radical (unpaired) electrons. The minimum Gasteiger partial charge on any atom is -0.340 e. The fraction of sp³-hybridized carbons (Fsp3) is 0.276. The first-order valence-electron chi connectivity index (χ1n) is 11.5. The van der Waals surface area contributed by atoms with Crippen LogP contribution in [0.4, 0.5) is 0 Å². The van der Waals surface area contributed by atoms with E-state index >= 15 is 0 Å². The molecule has 0 spiro atoms. The summed E-state index contributed by atoms with van der Waals surface area (Å²) >= 11 is 1.92. The van der Waals surface area contributed by atoms with Crippen molar-refractivity contribution in [1.29, 1.82) is 0 Å². The van der Waals surface area contributed by atoms with Crippen LogP contribution >= 0.6 is 11.3 Å². The Morgan fingerprint density at radius 3 is 2.42 bits per heavy atom. The Morgan fingerprint density at radius 1 is 0.939 bits per heavy atom. The summed E-state index contributed by atoms with van der Waals surface area (Å²) in [6.07, 6.45) is 6.12. The smallest absolute Gasteiger partial charge is 0.0602 e. The Kier molecular flexibility index (Phi) is 7.19. The molecule has 4 heteroatoms. The van der Waals surface area contributed by atoms with Gasteiger partial charge in [0.1, 0.15) is 0 Å². The van der Waals surface area contributed by atoms with E-state index in [1.54, 1.807) is 0 Å². The number of aromatic nitrogens is 2. The van der Waals surface area contributed by atoms with Crippen LogP contribution in [0.15, 0.2) is 67.0 Å². The fourth-order valence-corrected chi connectivity index (χ4v) is 5.93. The third-order valence-electron chi connectivity index (χ3n) is 5.89. The van der Waals surface area contributed by atoms with E-state index in [4.69, 9.17) is 4.98 Å². The monoisotopic (exact) mass is 630 g/mol. The van der Waals surface area contributed by atoms with Crippen LogP contribution in [0.5, 0.6) is 0 Å². The van der Waals surface area contributed by atoms with Gasteiger partial charge in [-0.2, -0.15) is 0 Å². The molecule has 2 aromatic heterocycles. The molecular formula is C29H29IrN2S-. The summed E-state index contributed by atoms with van der Waals surface area (Å²) in [7, 11) is 0. The SMILES string of the molecule is CC(C)Cc1cc2sc3ccccc3c2c(CC(C)C)c1-n1ccnc1-c1[c-]cccc1.[Ir]. The van der Waals surface area contributed by atoms with Crippen molar-refractivity contribution in [3.63, 3.8) is 0 Å². The molecule has 5 aromatic rings. The maximum absolute atomic E-state index is 4.77. The van der Waals surface area contributed by atoms with Gasteiger partial charge in [0.15, 0.2) is 0 Å². The van der Waals surface area contributed by atoms with Gasteiger partial charge in [0, 0.05) is 58.4 Å². The van der Waals surface area contributed by atoms with Gasteiger partial charge in [-0.3, -0.25) is 4.98 Å². The molecule has 0 bridgehead atoms. The van der Waals surface area contributed by atoms with Crippen molar-refractivity contribution in [2.75, 3.05) is 0 Å². The van der Waals surface area contributed by atoms with Crippen molar-refractivity contribution in [3.8, 4) is 17.1 Å². The molecule has 0 fully saturated rings. The molecule has 0 aliphatic heterocycles. The molecule has 0 amide bonds. The van der Waals surface area contributed by atoms with Gasteiger partial charge in [-0.15, -0.1) is 47.2 Å². The molecule has 3 aromatic carbocycles. The van der Waals surface area contributed by atoms with E-state index in [1.807, 2.05) is 29.7 Å². The molecule has 0 aliphatic rings. The Morgan fingerprint density at radius 2 is 1.70 bits per heavy atom. The quantitative estimate of drug-likeness (QED) is 0.174. The van der Waals surface area contributed by atoms with Crippen LogP contribution in [-0.4, -0.2) is 9.55 Å². The number of benzene rings is 3. The Labute approximate surface area is 214 Å². The van der Waals surface area contributed by atoms with Gasteiger partial charge >= 0.3 is 0 Å². The van der Waals surface area contributed by atoms with Crippen molar-refractivity contribution >= 4 is 31.5 Å². The zero-order chi connectivity index (χ0) is 22.2. The van der Waals surface area contributed by atoms with E-state index in [0.29, 0.717) is 11.8 Å². The number of imidazole rings is 1. The van der Waals surface area contributed by atoms with Crippen LogP contribution in [0.3, 0.4) is 0 Å². The van der Waals surface area contributed by atoms with Gasteiger partial charge in [0.25, 0.3) is 0 Å². The minimum absolute atomic E-state index is 0. The van der Waals surface area contributed by atoms with Crippen LogP contribution in [0, 0.1) is 17.9 Å². The molecule has 0 atom stereocenters. The topological polar surface area (TPSA) is 17.8 Å².